The van der Waals surface area contributed by atoms with Gasteiger partial charge in [0.1, 0.15) is 17.3 Å². The van der Waals surface area contributed by atoms with Gasteiger partial charge in [0, 0.05) is 18.2 Å². The first-order chi connectivity index (χ1) is 12.5. The number of aromatic nitrogens is 2. The van der Waals surface area contributed by atoms with E-state index in [-0.39, 0.29) is 11.8 Å². The lowest BCUT2D eigenvalue weighted by Crippen LogP contribution is -2.00. The molecule has 134 valence electrons. The van der Waals surface area contributed by atoms with Gasteiger partial charge in [-0.2, -0.15) is 4.98 Å². The minimum absolute atomic E-state index is 0.104. The quantitative estimate of drug-likeness (QED) is 0.665. The number of benzene rings is 2. The molecule has 0 saturated heterocycles. The first kappa shape index (κ1) is 17.8. The molecule has 2 aromatic carbocycles. The highest BCUT2D eigenvalue weighted by Crippen LogP contribution is 2.35. The van der Waals surface area contributed by atoms with Gasteiger partial charge in [-0.05, 0) is 30.3 Å². The highest BCUT2D eigenvalue weighted by atomic mass is 35.5. The fourth-order valence-corrected chi connectivity index (χ4v) is 2.91. The Hall–Kier alpha value is -3.06. The summed E-state index contributed by atoms with van der Waals surface area (Å²) >= 11 is 6.43. The maximum absolute atomic E-state index is 6.43. The highest BCUT2D eigenvalue weighted by molar-refractivity contribution is 6.38. The molecule has 8 heteroatoms. The minimum atomic E-state index is 0.104. The number of rotatable bonds is 5. The van der Waals surface area contributed by atoms with Crippen molar-refractivity contribution in [1.29, 1.82) is 0 Å². The van der Waals surface area contributed by atoms with Crippen LogP contribution in [0.3, 0.4) is 0 Å². The number of halogens is 1. The van der Waals surface area contributed by atoms with E-state index >= 15 is 0 Å². The number of fused-ring (bicyclic) bond motifs is 1. The van der Waals surface area contributed by atoms with Crippen molar-refractivity contribution in [2.45, 2.75) is 6.42 Å². The number of methoxy groups -OCH3 is 2. The SMILES string of the molecule is COc1ccc(OC)c(CC=Nc2ccc3nc(N)nc(N)c3c2Cl)c1. The zero-order valence-corrected chi connectivity index (χ0v) is 15.1. The molecule has 0 amide bonds. The Balaban J connectivity index is 1.91. The van der Waals surface area contributed by atoms with Gasteiger partial charge in [0.25, 0.3) is 0 Å². The minimum Gasteiger partial charge on any atom is -0.497 e. The van der Waals surface area contributed by atoms with Gasteiger partial charge in [0.05, 0.1) is 35.8 Å². The molecule has 0 fully saturated rings. The summed E-state index contributed by atoms with van der Waals surface area (Å²) < 4.78 is 10.6. The van der Waals surface area contributed by atoms with Crippen LogP contribution in [0.1, 0.15) is 5.56 Å². The molecule has 0 unspecified atom stereocenters. The molecule has 4 N–H and O–H groups in total. The molecule has 0 spiro atoms. The fourth-order valence-electron chi connectivity index (χ4n) is 2.60. The maximum atomic E-state index is 6.43. The molecule has 0 aliphatic heterocycles. The number of anilines is 2. The summed E-state index contributed by atoms with van der Waals surface area (Å²) in [5.41, 5.74) is 13.6. The average molecular weight is 372 g/mol. The third kappa shape index (κ3) is 3.48. The van der Waals surface area contributed by atoms with Crippen LogP contribution in [0.5, 0.6) is 11.5 Å². The number of nitrogens with two attached hydrogens (primary N) is 2. The second kappa shape index (κ2) is 7.45. The van der Waals surface area contributed by atoms with Crippen molar-refractivity contribution in [2.75, 3.05) is 25.7 Å². The van der Waals surface area contributed by atoms with Crippen LogP contribution >= 0.6 is 11.6 Å². The molecule has 7 nitrogen and oxygen atoms in total. The van der Waals surface area contributed by atoms with Crippen molar-refractivity contribution in [3.63, 3.8) is 0 Å². The molecule has 26 heavy (non-hydrogen) atoms. The van der Waals surface area contributed by atoms with E-state index in [9.17, 15) is 0 Å². The van der Waals surface area contributed by atoms with E-state index in [0.717, 1.165) is 17.1 Å². The van der Waals surface area contributed by atoms with Crippen LogP contribution in [0.2, 0.25) is 5.02 Å². The Morgan fingerprint density at radius 2 is 1.92 bits per heavy atom. The van der Waals surface area contributed by atoms with E-state index in [1.54, 1.807) is 32.6 Å². The molecular formula is C18H18ClN5O2. The Kier molecular flexibility index (Phi) is 5.09. The van der Waals surface area contributed by atoms with E-state index in [4.69, 9.17) is 32.5 Å². The lowest BCUT2D eigenvalue weighted by atomic mass is 10.1. The molecule has 0 aliphatic rings. The summed E-state index contributed by atoms with van der Waals surface area (Å²) in [7, 11) is 3.24. The van der Waals surface area contributed by atoms with Crippen LogP contribution in [-0.4, -0.2) is 30.4 Å². The number of nitrogen functional groups attached to an aromatic ring is 2. The summed E-state index contributed by atoms with van der Waals surface area (Å²) in [6.07, 6.45) is 2.29. The molecule has 3 rings (SSSR count). The van der Waals surface area contributed by atoms with Crippen molar-refractivity contribution in [3.05, 3.63) is 40.9 Å². The van der Waals surface area contributed by atoms with Gasteiger partial charge in [-0.25, -0.2) is 4.98 Å². The maximum Gasteiger partial charge on any atom is 0.222 e. The first-order valence-corrected chi connectivity index (χ1v) is 8.16. The third-order valence-electron chi connectivity index (χ3n) is 3.85. The van der Waals surface area contributed by atoms with Crippen molar-refractivity contribution < 1.29 is 9.47 Å². The van der Waals surface area contributed by atoms with Crippen LogP contribution in [0.4, 0.5) is 17.5 Å². The molecule has 0 aliphatic carbocycles. The molecule has 0 bridgehead atoms. The van der Waals surface area contributed by atoms with E-state index < -0.39 is 0 Å². The Bertz CT molecular complexity index is 991. The molecule has 3 aromatic rings. The summed E-state index contributed by atoms with van der Waals surface area (Å²) in [4.78, 5) is 12.5. The van der Waals surface area contributed by atoms with Gasteiger partial charge in [-0.15, -0.1) is 0 Å². The topological polar surface area (TPSA) is 109 Å². The first-order valence-electron chi connectivity index (χ1n) is 7.78. The predicted molar refractivity (Wildman–Crippen MR) is 105 cm³/mol. The Labute approximate surface area is 155 Å². The summed E-state index contributed by atoms with van der Waals surface area (Å²) in [6.45, 7) is 0. The highest BCUT2D eigenvalue weighted by Gasteiger charge is 2.11. The van der Waals surface area contributed by atoms with Crippen molar-refractivity contribution >= 4 is 46.2 Å². The van der Waals surface area contributed by atoms with Gasteiger partial charge in [0.15, 0.2) is 0 Å². The van der Waals surface area contributed by atoms with Gasteiger partial charge >= 0.3 is 0 Å². The molecular weight excluding hydrogens is 354 g/mol. The number of hydrogen-bond donors (Lipinski definition) is 2. The summed E-state index contributed by atoms with van der Waals surface area (Å²) in [6, 6.07) is 9.12. The van der Waals surface area contributed by atoms with Gasteiger partial charge < -0.3 is 20.9 Å². The zero-order chi connectivity index (χ0) is 18.7. The number of nitrogens with zero attached hydrogens (tertiary/aromatic N) is 3. The largest absolute Gasteiger partial charge is 0.497 e. The monoisotopic (exact) mass is 371 g/mol. The molecule has 1 heterocycles. The standard InChI is InChI=1S/C18H18ClN5O2/c1-25-11-3-6-14(26-2)10(9-11)7-8-22-13-5-4-12-15(16(13)19)17(20)24-18(21)23-12/h3-6,8-9H,7H2,1-2H3,(H4,20,21,23,24). The summed E-state index contributed by atoms with van der Waals surface area (Å²) in [5, 5.41) is 0.920. The van der Waals surface area contributed by atoms with Crippen LogP contribution in [-0.2, 0) is 6.42 Å². The van der Waals surface area contributed by atoms with Crippen molar-refractivity contribution in [1.82, 2.24) is 9.97 Å². The van der Waals surface area contributed by atoms with Crippen LogP contribution in [0, 0.1) is 0 Å². The molecule has 0 atom stereocenters. The van der Waals surface area contributed by atoms with Crippen LogP contribution < -0.4 is 20.9 Å². The lowest BCUT2D eigenvalue weighted by molar-refractivity contribution is 0.400. The smallest absolute Gasteiger partial charge is 0.222 e. The molecule has 0 radical (unpaired) electrons. The number of hydrogen-bond acceptors (Lipinski definition) is 7. The Morgan fingerprint density at radius 1 is 1.12 bits per heavy atom. The zero-order valence-electron chi connectivity index (χ0n) is 14.4. The van der Waals surface area contributed by atoms with Crippen molar-refractivity contribution in [3.8, 4) is 11.5 Å². The van der Waals surface area contributed by atoms with Gasteiger partial charge in [-0.3, -0.25) is 4.99 Å². The molecule has 1 aromatic heterocycles. The number of aliphatic imine (C=N–C) groups is 1. The van der Waals surface area contributed by atoms with Crippen LogP contribution in [0.25, 0.3) is 10.9 Å². The van der Waals surface area contributed by atoms with E-state index in [2.05, 4.69) is 15.0 Å². The summed E-state index contributed by atoms with van der Waals surface area (Å²) in [5.74, 6) is 1.84. The third-order valence-corrected chi connectivity index (χ3v) is 4.24. The van der Waals surface area contributed by atoms with Crippen molar-refractivity contribution in [2.24, 2.45) is 4.99 Å². The van der Waals surface area contributed by atoms with Gasteiger partial charge in [0.2, 0.25) is 5.95 Å². The van der Waals surface area contributed by atoms with Gasteiger partial charge in [-0.1, -0.05) is 11.6 Å². The van der Waals surface area contributed by atoms with Crippen LogP contribution in [0.15, 0.2) is 35.3 Å². The normalized spacial score (nSPS) is 11.2. The second-order valence-corrected chi connectivity index (χ2v) is 5.83. The van der Waals surface area contributed by atoms with E-state index in [0.29, 0.717) is 28.0 Å². The fraction of sp³-hybridized carbons (Fsp3) is 0.167. The Morgan fingerprint density at radius 3 is 2.65 bits per heavy atom. The predicted octanol–water partition coefficient (Wildman–Crippen LogP) is 3.41. The average Bonchev–Trinajstić information content (AvgIpc) is 2.62. The lowest BCUT2D eigenvalue weighted by Gasteiger charge is -2.09. The number of ether oxygens (including phenoxy) is 2. The second-order valence-electron chi connectivity index (χ2n) is 5.45. The molecule has 0 saturated carbocycles. The van der Waals surface area contributed by atoms with E-state index in [1.165, 1.54) is 0 Å². The van der Waals surface area contributed by atoms with E-state index in [1.807, 2.05) is 18.2 Å².